The Morgan fingerprint density at radius 1 is 1.00 bits per heavy atom. The number of benzene rings is 2. The quantitative estimate of drug-likeness (QED) is 0.718. The molecule has 1 N–H and O–H groups in total. The zero-order chi connectivity index (χ0) is 18.8. The van der Waals surface area contributed by atoms with Crippen LogP contribution in [0.2, 0.25) is 0 Å². The molecule has 5 heteroatoms. The average molecular weight is 351 g/mol. The van der Waals surface area contributed by atoms with Crippen LogP contribution in [-0.2, 0) is 4.79 Å². The number of hydrogen-bond donors (Lipinski definition) is 1. The fraction of sp³-hybridized carbons (Fsp3) is 0.238. The summed E-state index contributed by atoms with van der Waals surface area (Å²) in [6.07, 6.45) is -0.703. The molecule has 1 heterocycles. The largest absolute Gasteiger partial charge is 0.481 e. The van der Waals surface area contributed by atoms with Crippen molar-refractivity contribution in [1.82, 2.24) is 0 Å². The lowest BCUT2D eigenvalue weighted by Gasteiger charge is -2.15. The number of carbonyl (C=O) groups excluding carboxylic acids is 1. The highest BCUT2D eigenvalue weighted by Crippen LogP contribution is 2.23. The van der Waals surface area contributed by atoms with Gasteiger partial charge in [-0.1, -0.05) is 6.07 Å². The van der Waals surface area contributed by atoms with Gasteiger partial charge in [0.15, 0.2) is 6.10 Å². The van der Waals surface area contributed by atoms with E-state index < -0.39 is 11.7 Å². The van der Waals surface area contributed by atoms with Crippen LogP contribution in [0.25, 0.3) is 11.0 Å². The first-order chi connectivity index (χ1) is 12.3. The van der Waals surface area contributed by atoms with Crippen LogP contribution in [0.4, 0.5) is 5.69 Å². The third kappa shape index (κ3) is 3.77. The summed E-state index contributed by atoms with van der Waals surface area (Å²) >= 11 is 0. The molecule has 0 saturated carbocycles. The molecule has 1 atom stereocenters. The van der Waals surface area contributed by atoms with Crippen LogP contribution in [0, 0.1) is 20.8 Å². The van der Waals surface area contributed by atoms with Gasteiger partial charge in [-0.2, -0.15) is 0 Å². The smallest absolute Gasteiger partial charge is 0.336 e. The summed E-state index contributed by atoms with van der Waals surface area (Å²) in [5, 5.41) is 3.69. The van der Waals surface area contributed by atoms with Gasteiger partial charge in [-0.15, -0.1) is 0 Å². The van der Waals surface area contributed by atoms with E-state index in [4.69, 9.17) is 9.15 Å². The topological polar surface area (TPSA) is 68.5 Å². The first-order valence-corrected chi connectivity index (χ1v) is 8.43. The molecule has 1 unspecified atom stereocenters. The molecule has 0 aliphatic rings. The van der Waals surface area contributed by atoms with Crippen molar-refractivity contribution in [3.8, 4) is 5.75 Å². The number of amides is 1. The number of nitrogens with one attached hydrogen (secondary N) is 1. The molecule has 5 nitrogen and oxygen atoms in total. The van der Waals surface area contributed by atoms with Crippen molar-refractivity contribution in [2.45, 2.75) is 33.8 Å². The van der Waals surface area contributed by atoms with Crippen molar-refractivity contribution in [2.75, 3.05) is 5.32 Å². The van der Waals surface area contributed by atoms with E-state index >= 15 is 0 Å². The lowest BCUT2D eigenvalue weighted by Crippen LogP contribution is -2.30. The molecule has 3 aromatic rings. The predicted octanol–water partition coefficient (Wildman–Crippen LogP) is 4.12. The standard InChI is InChI=1S/C21H21NO4/c1-12-5-6-16(9-13(12)2)22-21(24)15(4)25-17-7-8-18-14(3)10-20(23)26-19(18)11-17/h5-11,15H,1-4H3,(H,22,24). The Kier molecular flexibility index (Phi) is 4.80. The molecular formula is C21H21NO4. The van der Waals surface area contributed by atoms with E-state index in [0.717, 1.165) is 22.2 Å². The molecule has 0 radical (unpaired) electrons. The molecule has 1 amide bonds. The van der Waals surface area contributed by atoms with Gasteiger partial charge < -0.3 is 14.5 Å². The van der Waals surface area contributed by atoms with Crippen LogP contribution >= 0.6 is 0 Å². The normalized spacial score (nSPS) is 12.0. The fourth-order valence-electron chi connectivity index (χ4n) is 2.70. The van der Waals surface area contributed by atoms with Gasteiger partial charge >= 0.3 is 5.63 Å². The van der Waals surface area contributed by atoms with E-state index in [9.17, 15) is 9.59 Å². The molecule has 0 aliphatic heterocycles. The summed E-state index contributed by atoms with van der Waals surface area (Å²) in [4.78, 5) is 23.9. The first kappa shape index (κ1) is 17.7. The van der Waals surface area contributed by atoms with Crippen molar-refractivity contribution in [1.29, 1.82) is 0 Å². The van der Waals surface area contributed by atoms with Crippen molar-refractivity contribution >= 4 is 22.6 Å². The second-order valence-corrected chi connectivity index (χ2v) is 6.45. The first-order valence-electron chi connectivity index (χ1n) is 8.43. The highest BCUT2D eigenvalue weighted by atomic mass is 16.5. The summed E-state index contributed by atoms with van der Waals surface area (Å²) in [7, 11) is 0. The van der Waals surface area contributed by atoms with E-state index in [1.165, 1.54) is 11.6 Å². The number of ether oxygens (including phenoxy) is 1. The molecule has 0 bridgehead atoms. The Morgan fingerprint density at radius 3 is 2.50 bits per heavy atom. The summed E-state index contributed by atoms with van der Waals surface area (Å²) in [5.74, 6) is 0.216. The van der Waals surface area contributed by atoms with Gasteiger partial charge in [-0.25, -0.2) is 4.79 Å². The molecule has 0 aliphatic carbocycles. The van der Waals surface area contributed by atoms with E-state index in [2.05, 4.69) is 5.32 Å². The number of carbonyl (C=O) groups is 1. The van der Waals surface area contributed by atoms with Crippen LogP contribution in [0.5, 0.6) is 5.75 Å². The molecule has 0 saturated heterocycles. The zero-order valence-corrected chi connectivity index (χ0v) is 15.3. The summed E-state index contributed by atoms with van der Waals surface area (Å²) in [6.45, 7) is 7.54. The highest BCUT2D eigenvalue weighted by Gasteiger charge is 2.16. The van der Waals surface area contributed by atoms with Gasteiger partial charge in [0.2, 0.25) is 0 Å². The van der Waals surface area contributed by atoms with Gasteiger partial charge in [0, 0.05) is 23.2 Å². The summed E-state index contributed by atoms with van der Waals surface area (Å²) in [5.41, 5.74) is 3.87. The lowest BCUT2D eigenvalue weighted by molar-refractivity contribution is -0.122. The minimum Gasteiger partial charge on any atom is -0.481 e. The Hall–Kier alpha value is -3.08. The summed E-state index contributed by atoms with van der Waals surface area (Å²) < 4.78 is 10.9. The fourth-order valence-corrected chi connectivity index (χ4v) is 2.70. The maximum Gasteiger partial charge on any atom is 0.336 e. The SMILES string of the molecule is Cc1ccc(NC(=O)C(C)Oc2ccc3c(C)cc(=O)oc3c2)cc1C. The van der Waals surface area contributed by atoms with Gasteiger partial charge in [0.05, 0.1) is 0 Å². The predicted molar refractivity (Wildman–Crippen MR) is 102 cm³/mol. The van der Waals surface area contributed by atoms with E-state index in [0.29, 0.717) is 11.3 Å². The van der Waals surface area contributed by atoms with Crippen molar-refractivity contribution in [2.24, 2.45) is 0 Å². The van der Waals surface area contributed by atoms with Crippen LogP contribution in [0.3, 0.4) is 0 Å². The van der Waals surface area contributed by atoms with Crippen LogP contribution in [0.1, 0.15) is 23.6 Å². The Labute approximate surface area is 151 Å². The number of anilines is 1. The maximum atomic E-state index is 12.4. The van der Waals surface area contributed by atoms with E-state index in [1.807, 2.05) is 45.0 Å². The number of fused-ring (bicyclic) bond motifs is 1. The van der Waals surface area contributed by atoms with Crippen LogP contribution in [0.15, 0.2) is 51.7 Å². The molecule has 134 valence electrons. The zero-order valence-electron chi connectivity index (χ0n) is 15.3. The van der Waals surface area contributed by atoms with Crippen LogP contribution < -0.4 is 15.7 Å². The molecule has 1 aromatic heterocycles. The van der Waals surface area contributed by atoms with Gasteiger partial charge in [-0.3, -0.25) is 4.79 Å². The number of rotatable bonds is 4. The molecular weight excluding hydrogens is 330 g/mol. The molecule has 26 heavy (non-hydrogen) atoms. The van der Waals surface area contributed by atoms with Gasteiger partial charge in [-0.05, 0) is 68.7 Å². The van der Waals surface area contributed by atoms with Crippen LogP contribution in [-0.4, -0.2) is 12.0 Å². The number of hydrogen-bond acceptors (Lipinski definition) is 4. The monoisotopic (exact) mass is 351 g/mol. The highest BCUT2D eigenvalue weighted by molar-refractivity contribution is 5.94. The minimum atomic E-state index is -0.703. The molecule has 0 fully saturated rings. The van der Waals surface area contributed by atoms with E-state index in [-0.39, 0.29) is 5.91 Å². The second kappa shape index (κ2) is 7.04. The molecule has 2 aromatic carbocycles. The number of aryl methyl sites for hydroxylation is 3. The van der Waals surface area contributed by atoms with Crippen molar-refractivity contribution in [3.63, 3.8) is 0 Å². The van der Waals surface area contributed by atoms with Crippen molar-refractivity contribution < 1.29 is 13.9 Å². The van der Waals surface area contributed by atoms with Crippen molar-refractivity contribution in [3.05, 3.63) is 69.6 Å². The van der Waals surface area contributed by atoms with Gasteiger partial charge in [0.1, 0.15) is 11.3 Å². The Morgan fingerprint density at radius 2 is 1.77 bits per heavy atom. The molecule has 0 spiro atoms. The Bertz CT molecular complexity index is 1040. The minimum absolute atomic E-state index is 0.251. The average Bonchev–Trinajstić information content (AvgIpc) is 2.57. The summed E-state index contributed by atoms with van der Waals surface area (Å²) in [6, 6.07) is 12.4. The maximum absolute atomic E-state index is 12.4. The second-order valence-electron chi connectivity index (χ2n) is 6.45. The lowest BCUT2D eigenvalue weighted by atomic mass is 10.1. The van der Waals surface area contributed by atoms with Gasteiger partial charge in [0.25, 0.3) is 5.91 Å². The third-order valence-electron chi connectivity index (χ3n) is 4.38. The van der Waals surface area contributed by atoms with E-state index in [1.54, 1.807) is 19.1 Å². The Balaban J connectivity index is 1.75. The molecule has 3 rings (SSSR count). The third-order valence-corrected chi connectivity index (χ3v) is 4.38.